The SMILES string of the molecule is CC1(C)c2ccccc2-c2c1ccc1c2oc2ccc(-c3ccc(C#N)cc3-n3c4ccccc4c4ccccc43)cc21.CC1(C)c2ccccc2-c2c1ccc1c2oc2ccc(-c3cccc(C#N)c3-n3c4ccccc4c4ccccc43)cc21. The third-order valence-electron chi connectivity index (χ3n) is 18.9. The van der Waals surface area contributed by atoms with Gasteiger partial charge in [-0.1, -0.05) is 204 Å². The summed E-state index contributed by atoms with van der Waals surface area (Å²) in [5.74, 6) is 0. The van der Waals surface area contributed by atoms with Gasteiger partial charge in [0.15, 0.2) is 0 Å². The third kappa shape index (κ3) is 6.87. The summed E-state index contributed by atoms with van der Waals surface area (Å²) in [6.45, 7) is 9.18. The molecule has 0 radical (unpaired) electrons. The van der Waals surface area contributed by atoms with Crippen LogP contribution >= 0.6 is 0 Å². The fourth-order valence-electron chi connectivity index (χ4n) is 14.9. The van der Waals surface area contributed by atoms with Crippen LogP contribution in [0.5, 0.6) is 0 Å². The van der Waals surface area contributed by atoms with E-state index in [2.05, 4.69) is 267 Å². The predicted molar refractivity (Wildman–Crippen MR) is 352 cm³/mol. The lowest BCUT2D eigenvalue weighted by atomic mass is 9.82. The number of nitrogens with zero attached hydrogens (tertiary/aromatic N) is 4. The van der Waals surface area contributed by atoms with Crippen molar-refractivity contribution < 1.29 is 8.83 Å². The first-order chi connectivity index (χ1) is 42.1. The van der Waals surface area contributed by atoms with Gasteiger partial charge in [0.25, 0.3) is 0 Å². The van der Waals surface area contributed by atoms with E-state index in [-0.39, 0.29) is 10.8 Å². The molecule has 0 N–H and O–H groups in total. The molecule has 0 fully saturated rings. The molecule has 2 aliphatic carbocycles. The fourth-order valence-corrected chi connectivity index (χ4v) is 14.9. The highest BCUT2D eigenvalue weighted by atomic mass is 16.3. The van der Waals surface area contributed by atoms with Gasteiger partial charge in [0, 0.05) is 76.2 Å². The molecule has 0 aliphatic heterocycles. The van der Waals surface area contributed by atoms with E-state index in [0.717, 1.165) is 99.6 Å². The summed E-state index contributed by atoms with van der Waals surface area (Å²) in [5, 5.41) is 29.4. The van der Waals surface area contributed by atoms with Crippen LogP contribution in [0.4, 0.5) is 0 Å². The van der Waals surface area contributed by atoms with E-state index < -0.39 is 0 Å². The molecule has 18 rings (SSSR count). The zero-order chi connectivity index (χ0) is 57.7. The van der Waals surface area contributed by atoms with E-state index in [4.69, 9.17) is 8.83 Å². The molecule has 16 aromatic rings. The molecule has 0 saturated carbocycles. The number of para-hydroxylation sites is 5. The molecule has 6 heteroatoms. The van der Waals surface area contributed by atoms with Crippen LogP contribution in [0.15, 0.2) is 251 Å². The highest BCUT2D eigenvalue weighted by Crippen LogP contribution is 2.55. The Morgan fingerprint density at radius 3 is 1.27 bits per heavy atom. The molecule has 0 unspecified atom stereocenters. The molecule has 6 nitrogen and oxygen atoms in total. The van der Waals surface area contributed by atoms with Crippen LogP contribution < -0.4 is 0 Å². The van der Waals surface area contributed by atoms with Gasteiger partial charge in [0.1, 0.15) is 28.4 Å². The van der Waals surface area contributed by atoms with Gasteiger partial charge in [-0.15, -0.1) is 0 Å². The summed E-state index contributed by atoms with van der Waals surface area (Å²) in [6.07, 6.45) is 0. The molecule has 4 heterocycles. The van der Waals surface area contributed by atoms with Gasteiger partial charge in [0.05, 0.1) is 50.6 Å². The topological polar surface area (TPSA) is 83.7 Å². The molecular weight excluding hydrogens is 1050 g/mol. The molecule has 0 bridgehead atoms. The fraction of sp³-hybridized carbons (Fsp3) is 0.0750. The van der Waals surface area contributed by atoms with Gasteiger partial charge in [-0.05, 0) is 111 Å². The van der Waals surface area contributed by atoms with Gasteiger partial charge in [-0.25, -0.2) is 0 Å². The van der Waals surface area contributed by atoms with E-state index in [1.54, 1.807) is 0 Å². The highest BCUT2D eigenvalue weighted by Gasteiger charge is 2.39. The average Bonchev–Trinajstić information content (AvgIpc) is 1.65. The number of benzene rings is 12. The molecule has 4 aromatic heterocycles. The predicted octanol–water partition coefficient (Wildman–Crippen LogP) is 21.1. The zero-order valence-electron chi connectivity index (χ0n) is 47.7. The van der Waals surface area contributed by atoms with Crippen molar-refractivity contribution in [3.63, 3.8) is 0 Å². The van der Waals surface area contributed by atoms with Gasteiger partial charge < -0.3 is 18.0 Å². The van der Waals surface area contributed by atoms with Crippen molar-refractivity contribution >= 4 is 87.5 Å². The van der Waals surface area contributed by atoms with E-state index in [1.807, 2.05) is 24.3 Å². The van der Waals surface area contributed by atoms with Crippen molar-refractivity contribution in [2.24, 2.45) is 0 Å². The summed E-state index contributed by atoms with van der Waals surface area (Å²) >= 11 is 0. The molecule has 0 amide bonds. The molecule has 12 aromatic carbocycles. The summed E-state index contributed by atoms with van der Waals surface area (Å²) < 4.78 is 17.8. The first-order valence-corrected chi connectivity index (χ1v) is 29.3. The largest absolute Gasteiger partial charge is 0.455 e. The number of aromatic nitrogens is 2. The van der Waals surface area contributed by atoms with Crippen LogP contribution in [0.2, 0.25) is 0 Å². The Morgan fingerprint density at radius 2 is 0.779 bits per heavy atom. The second kappa shape index (κ2) is 18.2. The van der Waals surface area contributed by atoms with Crippen molar-refractivity contribution in [2.45, 2.75) is 38.5 Å². The number of furan rings is 2. The number of fused-ring (bicyclic) bond motifs is 20. The van der Waals surface area contributed by atoms with E-state index in [9.17, 15) is 10.5 Å². The second-order valence-corrected chi connectivity index (χ2v) is 24.1. The lowest BCUT2D eigenvalue weighted by Gasteiger charge is -2.21. The van der Waals surface area contributed by atoms with Crippen LogP contribution in [0.25, 0.3) is 143 Å². The van der Waals surface area contributed by atoms with Crippen LogP contribution in [-0.2, 0) is 10.8 Å². The molecule has 0 atom stereocenters. The Balaban J connectivity index is 0.000000134. The van der Waals surface area contributed by atoms with Crippen LogP contribution in [0, 0.1) is 22.7 Å². The van der Waals surface area contributed by atoms with Gasteiger partial charge >= 0.3 is 0 Å². The molecule has 404 valence electrons. The second-order valence-electron chi connectivity index (χ2n) is 24.1. The van der Waals surface area contributed by atoms with Gasteiger partial charge in [-0.2, -0.15) is 10.5 Å². The number of rotatable bonds is 4. The minimum Gasteiger partial charge on any atom is -0.455 e. The quantitative estimate of drug-likeness (QED) is 0.176. The van der Waals surface area contributed by atoms with Crippen molar-refractivity contribution in [3.8, 4) is 68.0 Å². The molecule has 2 aliphatic rings. The Bertz CT molecular complexity index is 5600. The normalized spacial score (nSPS) is 13.5. The monoisotopic (exact) mass is 1100 g/mol. The Labute approximate surface area is 495 Å². The molecule has 86 heavy (non-hydrogen) atoms. The van der Waals surface area contributed by atoms with Crippen molar-refractivity contribution in [1.82, 2.24) is 9.13 Å². The average molecular weight is 1100 g/mol. The van der Waals surface area contributed by atoms with Crippen LogP contribution in [0.3, 0.4) is 0 Å². The maximum Gasteiger partial charge on any atom is 0.143 e. The van der Waals surface area contributed by atoms with E-state index >= 15 is 0 Å². The molecule has 0 saturated heterocycles. The summed E-state index contributed by atoms with van der Waals surface area (Å²) in [5.41, 5.74) is 25.4. The zero-order valence-corrected chi connectivity index (χ0v) is 47.7. The minimum atomic E-state index is -0.0841. The van der Waals surface area contributed by atoms with Crippen LogP contribution in [0.1, 0.15) is 61.1 Å². The third-order valence-corrected chi connectivity index (χ3v) is 18.9. The van der Waals surface area contributed by atoms with Crippen molar-refractivity contribution in [3.05, 3.63) is 276 Å². The summed E-state index contributed by atoms with van der Waals surface area (Å²) in [7, 11) is 0. The van der Waals surface area contributed by atoms with Gasteiger partial charge in [0.2, 0.25) is 0 Å². The number of nitriles is 2. The van der Waals surface area contributed by atoms with E-state index in [0.29, 0.717) is 11.1 Å². The number of hydrogen-bond donors (Lipinski definition) is 0. The lowest BCUT2D eigenvalue weighted by molar-refractivity contribution is 0.653. The standard InChI is InChI=1S/2C40H26N2O/c1-40(2)32-15-6-3-13-30(32)37-33(40)20-19-29-31-22-24(18-21-36(31)43-39(29)37)26-14-9-10-25(23-41)38(26)42-34-16-7-4-11-27(34)28-12-5-8-17-35(28)42;1-40(2)32-12-6-3-11-30(32)38-33(40)19-18-29-31-22-25(16-20-37(31)43-39(29)38)26-17-15-24(23-41)21-36(26)42-34-13-7-4-9-27(34)28-10-5-8-14-35(28)42/h2*3-22H,1-2H3. The Kier molecular flexibility index (Phi) is 10.4. The maximum absolute atomic E-state index is 10.3. The molecular formula is C80H52N4O2. The van der Waals surface area contributed by atoms with Crippen LogP contribution in [-0.4, -0.2) is 9.13 Å². The Hall–Kier alpha value is -11.2. The van der Waals surface area contributed by atoms with Crippen molar-refractivity contribution in [2.75, 3.05) is 0 Å². The molecule has 0 spiro atoms. The van der Waals surface area contributed by atoms with Gasteiger partial charge in [-0.3, -0.25) is 0 Å². The highest BCUT2D eigenvalue weighted by molar-refractivity contribution is 6.16. The van der Waals surface area contributed by atoms with Crippen molar-refractivity contribution in [1.29, 1.82) is 10.5 Å². The number of hydrogen-bond acceptors (Lipinski definition) is 4. The first-order valence-electron chi connectivity index (χ1n) is 29.3. The summed E-state index contributed by atoms with van der Waals surface area (Å²) in [6, 6.07) is 90.0. The Morgan fingerprint density at radius 1 is 0.337 bits per heavy atom. The van der Waals surface area contributed by atoms with E-state index in [1.165, 1.54) is 66.1 Å². The summed E-state index contributed by atoms with van der Waals surface area (Å²) in [4.78, 5) is 0. The maximum atomic E-state index is 10.3. The first kappa shape index (κ1) is 49.4. The minimum absolute atomic E-state index is 0.0794. The lowest BCUT2D eigenvalue weighted by Crippen LogP contribution is -2.14. The smallest absolute Gasteiger partial charge is 0.143 e.